The number of hydrogen-bond acceptors (Lipinski definition) is 2. The highest BCUT2D eigenvalue weighted by Gasteiger charge is 2.17. The molecule has 0 aliphatic carbocycles. The van der Waals surface area contributed by atoms with Crippen LogP contribution in [0.5, 0.6) is 5.75 Å². The average molecular weight is 222 g/mol. The second-order valence-corrected chi connectivity index (χ2v) is 3.58. The molecule has 0 saturated heterocycles. The van der Waals surface area contributed by atoms with Crippen LogP contribution in [0.15, 0.2) is 6.07 Å². The van der Waals surface area contributed by atoms with Gasteiger partial charge in [-0.15, -0.1) is 0 Å². The Hall–Kier alpha value is -0.870. The van der Waals surface area contributed by atoms with Crippen molar-refractivity contribution in [2.24, 2.45) is 5.73 Å². The Balaban J connectivity index is 3.19. The molecule has 0 amide bonds. The maximum Gasteiger partial charge on any atom is 0.202 e. The molecule has 78 valence electrons. The van der Waals surface area contributed by atoms with Gasteiger partial charge < -0.3 is 10.8 Å². The third-order valence-electron chi connectivity index (χ3n) is 1.75. The lowest BCUT2D eigenvalue weighted by Crippen LogP contribution is -2.18. The minimum atomic E-state index is -1.33. The molecule has 0 heterocycles. The zero-order valence-electron chi connectivity index (χ0n) is 7.52. The SMILES string of the molecule is CC(N)Cc1cc(Cl)c(O)c(F)c1F. The second-order valence-electron chi connectivity index (χ2n) is 3.18. The van der Waals surface area contributed by atoms with Gasteiger partial charge >= 0.3 is 0 Å². The van der Waals surface area contributed by atoms with Crippen molar-refractivity contribution < 1.29 is 13.9 Å². The van der Waals surface area contributed by atoms with Crippen molar-refractivity contribution in [3.63, 3.8) is 0 Å². The molecule has 1 rings (SSSR count). The first-order valence-electron chi connectivity index (χ1n) is 4.04. The number of benzene rings is 1. The predicted molar refractivity (Wildman–Crippen MR) is 50.4 cm³/mol. The maximum atomic E-state index is 13.2. The number of rotatable bonds is 2. The Kier molecular flexibility index (Phi) is 3.29. The topological polar surface area (TPSA) is 46.2 Å². The average Bonchev–Trinajstić information content (AvgIpc) is 2.10. The van der Waals surface area contributed by atoms with Crippen molar-refractivity contribution in [2.45, 2.75) is 19.4 Å². The van der Waals surface area contributed by atoms with E-state index in [0.717, 1.165) is 0 Å². The number of phenolic OH excluding ortho intramolecular Hbond substituents is 1. The van der Waals surface area contributed by atoms with Gasteiger partial charge in [0.15, 0.2) is 11.6 Å². The summed E-state index contributed by atoms with van der Waals surface area (Å²) in [5.74, 6) is -3.28. The first-order valence-corrected chi connectivity index (χ1v) is 4.42. The van der Waals surface area contributed by atoms with E-state index in [1.165, 1.54) is 6.07 Å². The normalized spacial score (nSPS) is 12.9. The van der Waals surface area contributed by atoms with Crippen LogP contribution in [0.2, 0.25) is 5.02 Å². The van der Waals surface area contributed by atoms with Crippen LogP contribution < -0.4 is 5.73 Å². The molecule has 5 heteroatoms. The van der Waals surface area contributed by atoms with Crippen LogP contribution in [0.3, 0.4) is 0 Å². The summed E-state index contributed by atoms with van der Waals surface area (Å²) < 4.78 is 26.1. The van der Waals surface area contributed by atoms with Crippen LogP contribution in [0.4, 0.5) is 8.78 Å². The highest BCUT2D eigenvalue weighted by molar-refractivity contribution is 6.32. The van der Waals surface area contributed by atoms with Crippen LogP contribution in [-0.4, -0.2) is 11.1 Å². The van der Waals surface area contributed by atoms with Gasteiger partial charge in [-0.1, -0.05) is 11.6 Å². The quantitative estimate of drug-likeness (QED) is 0.753. The maximum absolute atomic E-state index is 13.2. The Morgan fingerprint density at radius 1 is 1.50 bits per heavy atom. The van der Waals surface area contributed by atoms with Crippen molar-refractivity contribution in [3.05, 3.63) is 28.3 Å². The molecular weight excluding hydrogens is 212 g/mol. The van der Waals surface area contributed by atoms with E-state index in [1.807, 2.05) is 0 Å². The van der Waals surface area contributed by atoms with Crippen molar-refractivity contribution in [1.29, 1.82) is 0 Å². The van der Waals surface area contributed by atoms with E-state index in [4.69, 9.17) is 22.4 Å². The lowest BCUT2D eigenvalue weighted by Gasteiger charge is -2.09. The number of nitrogens with two attached hydrogens (primary N) is 1. The first-order chi connectivity index (χ1) is 6.43. The van der Waals surface area contributed by atoms with Crippen LogP contribution in [0.25, 0.3) is 0 Å². The molecule has 0 fully saturated rings. The summed E-state index contributed by atoms with van der Waals surface area (Å²) in [6, 6.07) is 0.878. The fraction of sp³-hybridized carbons (Fsp3) is 0.333. The molecule has 0 radical (unpaired) electrons. The molecule has 1 aromatic carbocycles. The van der Waals surface area contributed by atoms with Gasteiger partial charge in [-0.05, 0) is 25.0 Å². The highest BCUT2D eigenvalue weighted by atomic mass is 35.5. The monoisotopic (exact) mass is 221 g/mol. The summed E-state index contributed by atoms with van der Waals surface area (Å²) in [6.45, 7) is 1.66. The highest BCUT2D eigenvalue weighted by Crippen LogP contribution is 2.30. The molecule has 1 aromatic rings. The van der Waals surface area contributed by atoms with E-state index >= 15 is 0 Å². The molecule has 0 aliphatic rings. The van der Waals surface area contributed by atoms with Gasteiger partial charge in [-0.3, -0.25) is 0 Å². The van der Waals surface area contributed by atoms with Crippen LogP contribution in [0.1, 0.15) is 12.5 Å². The van der Waals surface area contributed by atoms with Crippen molar-refractivity contribution >= 4 is 11.6 Å². The lowest BCUT2D eigenvalue weighted by atomic mass is 10.1. The zero-order chi connectivity index (χ0) is 10.9. The molecule has 1 unspecified atom stereocenters. The Morgan fingerprint density at radius 3 is 2.57 bits per heavy atom. The summed E-state index contributed by atoms with van der Waals surface area (Å²) in [4.78, 5) is 0. The summed E-state index contributed by atoms with van der Waals surface area (Å²) >= 11 is 5.48. The molecule has 0 bridgehead atoms. The van der Waals surface area contributed by atoms with Gasteiger partial charge in [0.25, 0.3) is 0 Å². The van der Waals surface area contributed by atoms with E-state index in [0.29, 0.717) is 0 Å². The zero-order valence-corrected chi connectivity index (χ0v) is 8.28. The number of aromatic hydroxyl groups is 1. The third kappa shape index (κ3) is 2.13. The van der Waals surface area contributed by atoms with Crippen molar-refractivity contribution in [2.75, 3.05) is 0 Å². The molecule has 0 saturated carbocycles. The van der Waals surface area contributed by atoms with Crippen molar-refractivity contribution in [3.8, 4) is 5.75 Å². The van der Waals surface area contributed by atoms with Crippen molar-refractivity contribution in [1.82, 2.24) is 0 Å². The second kappa shape index (κ2) is 4.11. The van der Waals surface area contributed by atoms with E-state index in [2.05, 4.69) is 0 Å². The Bertz CT molecular complexity index is 355. The van der Waals surface area contributed by atoms with E-state index in [-0.39, 0.29) is 23.0 Å². The molecule has 0 aromatic heterocycles. The Labute approximate surface area is 85.3 Å². The first kappa shape index (κ1) is 11.2. The van der Waals surface area contributed by atoms with Gasteiger partial charge in [-0.2, -0.15) is 4.39 Å². The summed E-state index contributed by atoms with van der Waals surface area (Å²) in [6.07, 6.45) is 0.169. The van der Waals surface area contributed by atoms with E-state index in [1.54, 1.807) is 6.92 Å². The van der Waals surface area contributed by atoms with E-state index in [9.17, 15) is 8.78 Å². The summed E-state index contributed by atoms with van der Waals surface area (Å²) in [5.41, 5.74) is 5.51. The summed E-state index contributed by atoms with van der Waals surface area (Å²) in [7, 11) is 0. The van der Waals surface area contributed by atoms with Gasteiger partial charge in [-0.25, -0.2) is 4.39 Å². The largest absolute Gasteiger partial charge is 0.504 e. The molecule has 0 spiro atoms. The van der Waals surface area contributed by atoms with Crippen LogP contribution in [0, 0.1) is 11.6 Å². The standard InChI is InChI=1S/C9H10ClF2NO/c1-4(13)2-5-3-6(10)9(14)8(12)7(5)11/h3-4,14H,2,13H2,1H3. The number of phenols is 1. The number of halogens is 3. The fourth-order valence-corrected chi connectivity index (χ4v) is 1.34. The van der Waals surface area contributed by atoms with Gasteiger partial charge in [0.2, 0.25) is 5.82 Å². The van der Waals surface area contributed by atoms with Crippen LogP contribution >= 0.6 is 11.6 Å². The predicted octanol–water partition coefficient (Wildman–Crippen LogP) is 2.21. The van der Waals surface area contributed by atoms with Gasteiger partial charge in [0.05, 0.1) is 5.02 Å². The number of hydrogen-bond donors (Lipinski definition) is 2. The summed E-state index contributed by atoms with van der Waals surface area (Å²) in [5, 5.41) is 8.76. The molecule has 3 N–H and O–H groups in total. The van der Waals surface area contributed by atoms with Gasteiger partial charge in [0, 0.05) is 6.04 Å². The minimum Gasteiger partial charge on any atom is -0.504 e. The van der Waals surface area contributed by atoms with Crippen LogP contribution in [-0.2, 0) is 6.42 Å². The molecule has 1 atom stereocenters. The van der Waals surface area contributed by atoms with Gasteiger partial charge in [0.1, 0.15) is 0 Å². The van der Waals surface area contributed by atoms with E-state index < -0.39 is 17.4 Å². The minimum absolute atomic E-state index is 0.0697. The molecule has 2 nitrogen and oxygen atoms in total. The third-order valence-corrected chi connectivity index (χ3v) is 2.04. The molecule has 0 aliphatic heterocycles. The molecule has 14 heavy (non-hydrogen) atoms. The Morgan fingerprint density at radius 2 is 2.07 bits per heavy atom. The lowest BCUT2D eigenvalue weighted by molar-refractivity contribution is 0.403. The fourth-order valence-electron chi connectivity index (χ4n) is 1.13. The molecular formula is C9H10ClF2NO. The smallest absolute Gasteiger partial charge is 0.202 e.